The molecule has 0 aromatic rings. The van der Waals surface area contributed by atoms with Gasteiger partial charge in [-0.1, -0.05) is 6.92 Å². The summed E-state index contributed by atoms with van der Waals surface area (Å²) in [5, 5.41) is 0. The summed E-state index contributed by atoms with van der Waals surface area (Å²) in [4.78, 5) is 13.1. The first kappa shape index (κ1) is 10.6. The van der Waals surface area contributed by atoms with Crippen molar-refractivity contribution >= 4 is 5.78 Å². The van der Waals surface area contributed by atoms with Crippen LogP contribution in [0.4, 0.5) is 0 Å². The van der Waals surface area contributed by atoms with Crippen LogP contribution in [0.25, 0.3) is 0 Å². The van der Waals surface area contributed by atoms with E-state index >= 15 is 0 Å². The topological polar surface area (TPSA) is 46.3 Å². The third-order valence-electron chi connectivity index (χ3n) is 1.66. The minimum atomic E-state index is -0.255. The summed E-state index contributed by atoms with van der Waals surface area (Å²) in [5.74, 6) is 0.168. The lowest BCUT2D eigenvalue weighted by molar-refractivity contribution is -0.120. The second-order valence-corrected chi connectivity index (χ2v) is 3.03. The van der Waals surface area contributed by atoms with Crippen LogP contribution in [-0.4, -0.2) is 37.4 Å². The monoisotopic (exact) mass is 158 g/mol. The van der Waals surface area contributed by atoms with Gasteiger partial charge in [0.2, 0.25) is 0 Å². The van der Waals surface area contributed by atoms with Crippen LogP contribution >= 0.6 is 0 Å². The van der Waals surface area contributed by atoms with Gasteiger partial charge < -0.3 is 10.6 Å². The van der Waals surface area contributed by atoms with E-state index in [0.717, 1.165) is 13.0 Å². The number of nitrogens with zero attached hydrogens (tertiary/aromatic N) is 1. The van der Waals surface area contributed by atoms with E-state index in [9.17, 15) is 4.79 Å². The van der Waals surface area contributed by atoms with Gasteiger partial charge in [-0.2, -0.15) is 0 Å². The molecule has 2 N–H and O–H groups in total. The van der Waals surface area contributed by atoms with Crippen LogP contribution in [0.3, 0.4) is 0 Å². The van der Waals surface area contributed by atoms with Crippen LogP contribution in [0.1, 0.15) is 19.8 Å². The molecule has 0 bridgehead atoms. The molecule has 0 aliphatic rings. The molecule has 66 valence electrons. The lowest BCUT2D eigenvalue weighted by Crippen LogP contribution is -2.31. The van der Waals surface area contributed by atoms with E-state index in [4.69, 9.17) is 5.73 Å². The molecule has 0 radical (unpaired) electrons. The fourth-order valence-corrected chi connectivity index (χ4v) is 0.747. The SMILES string of the molecule is CCC(N)C(=O)CCN(C)C. The third kappa shape index (κ3) is 4.93. The normalized spacial score (nSPS) is 13.5. The van der Waals surface area contributed by atoms with Crippen molar-refractivity contribution in [2.45, 2.75) is 25.8 Å². The summed E-state index contributed by atoms with van der Waals surface area (Å²) in [5.41, 5.74) is 5.53. The number of Topliss-reactive ketones (excluding diaryl/α,β-unsaturated/α-hetero) is 1. The Balaban J connectivity index is 3.52. The van der Waals surface area contributed by atoms with E-state index in [-0.39, 0.29) is 11.8 Å². The van der Waals surface area contributed by atoms with Crippen molar-refractivity contribution in [1.29, 1.82) is 0 Å². The molecule has 1 unspecified atom stereocenters. The van der Waals surface area contributed by atoms with Crippen molar-refractivity contribution in [3.05, 3.63) is 0 Å². The largest absolute Gasteiger partial charge is 0.322 e. The van der Waals surface area contributed by atoms with E-state index in [2.05, 4.69) is 0 Å². The molecular formula is C8H18N2O. The molecule has 0 aromatic carbocycles. The molecule has 1 atom stereocenters. The molecule has 0 aromatic heterocycles. The van der Waals surface area contributed by atoms with E-state index in [0.29, 0.717) is 6.42 Å². The van der Waals surface area contributed by atoms with Gasteiger partial charge in [-0.05, 0) is 20.5 Å². The molecule has 3 heteroatoms. The lowest BCUT2D eigenvalue weighted by Gasteiger charge is -2.11. The minimum Gasteiger partial charge on any atom is -0.322 e. The van der Waals surface area contributed by atoms with Crippen molar-refractivity contribution in [2.75, 3.05) is 20.6 Å². The van der Waals surface area contributed by atoms with Gasteiger partial charge in [0.1, 0.15) is 0 Å². The fraction of sp³-hybridized carbons (Fsp3) is 0.875. The molecule has 0 rings (SSSR count). The highest BCUT2D eigenvalue weighted by atomic mass is 16.1. The molecule has 0 aliphatic heterocycles. The number of ketones is 1. The van der Waals surface area contributed by atoms with E-state index < -0.39 is 0 Å². The summed E-state index contributed by atoms with van der Waals surface area (Å²) in [7, 11) is 3.90. The van der Waals surface area contributed by atoms with E-state index in [1.54, 1.807) is 0 Å². The van der Waals surface area contributed by atoms with Crippen LogP contribution in [-0.2, 0) is 4.79 Å². The maximum absolute atomic E-state index is 11.1. The maximum Gasteiger partial charge on any atom is 0.150 e. The second kappa shape index (κ2) is 5.27. The zero-order chi connectivity index (χ0) is 8.85. The molecular weight excluding hydrogens is 140 g/mol. The standard InChI is InChI=1S/C8H18N2O/c1-4-7(9)8(11)5-6-10(2)3/h7H,4-6,9H2,1-3H3. The molecule has 0 aliphatic carbocycles. The van der Waals surface area contributed by atoms with Crippen molar-refractivity contribution in [2.24, 2.45) is 5.73 Å². The highest BCUT2D eigenvalue weighted by Gasteiger charge is 2.10. The first-order valence-corrected chi connectivity index (χ1v) is 4.01. The van der Waals surface area contributed by atoms with Crippen LogP contribution < -0.4 is 5.73 Å². The van der Waals surface area contributed by atoms with Gasteiger partial charge in [0.25, 0.3) is 0 Å². The number of rotatable bonds is 5. The minimum absolute atomic E-state index is 0.168. The molecule has 0 saturated heterocycles. The number of carbonyl (C=O) groups is 1. The second-order valence-electron chi connectivity index (χ2n) is 3.03. The Morgan fingerprint density at radius 2 is 2.09 bits per heavy atom. The number of hydrogen-bond acceptors (Lipinski definition) is 3. The van der Waals surface area contributed by atoms with Crippen molar-refractivity contribution < 1.29 is 4.79 Å². The average Bonchev–Trinajstić information content (AvgIpc) is 1.98. The van der Waals surface area contributed by atoms with Gasteiger partial charge in [-0.25, -0.2) is 0 Å². The van der Waals surface area contributed by atoms with Gasteiger partial charge in [-0.15, -0.1) is 0 Å². The quantitative estimate of drug-likeness (QED) is 0.623. The Hall–Kier alpha value is -0.410. The Morgan fingerprint density at radius 3 is 2.45 bits per heavy atom. The van der Waals surface area contributed by atoms with Crippen molar-refractivity contribution in [1.82, 2.24) is 4.90 Å². The van der Waals surface area contributed by atoms with Crippen LogP contribution in [0.2, 0.25) is 0 Å². The average molecular weight is 158 g/mol. The number of hydrogen-bond donors (Lipinski definition) is 1. The molecule has 0 spiro atoms. The van der Waals surface area contributed by atoms with Crippen LogP contribution in [0.5, 0.6) is 0 Å². The Bertz CT molecular complexity index is 123. The highest BCUT2D eigenvalue weighted by Crippen LogP contribution is 1.94. The zero-order valence-corrected chi connectivity index (χ0v) is 7.63. The summed E-state index contributed by atoms with van der Waals surface area (Å²) in [6, 6.07) is -0.255. The maximum atomic E-state index is 11.1. The fourth-order valence-electron chi connectivity index (χ4n) is 0.747. The number of carbonyl (C=O) groups excluding carboxylic acids is 1. The molecule has 0 saturated carbocycles. The lowest BCUT2D eigenvalue weighted by atomic mass is 10.1. The smallest absolute Gasteiger partial charge is 0.150 e. The van der Waals surface area contributed by atoms with Crippen LogP contribution in [0.15, 0.2) is 0 Å². The Labute approximate surface area is 68.6 Å². The van der Waals surface area contributed by atoms with Gasteiger partial charge in [-0.3, -0.25) is 4.79 Å². The predicted octanol–water partition coefficient (Wildman–Crippen LogP) is 0.244. The van der Waals surface area contributed by atoms with E-state index in [1.165, 1.54) is 0 Å². The summed E-state index contributed by atoms with van der Waals surface area (Å²) in [6.45, 7) is 2.73. The van der Waals surface area contributed by atoms with Crippen LogP contribution in [0, 0.1) is 0 Å². The molecule has 3 nitrogen and oxygen atoms in total. The van der Waals surface area contributed by atoms with Gasteiger partial charge in [0.15, 0.2) is 5.78 Å². The van der Waals surface area contributed by atoms with Gasteiger partial charge >= 0.3 is 0 Å². The third-order valence-corrected chi connectivity index (χ3v) is 1.66. The Kier molecular flexibility index (Phi) is 5.07. The first-order valence-electron chi connectivity index (χ1n) is 4.01. The van der Waals surface area contributed by atoms with Gasteiger partial charge in [0.05, 0.1) is 6.04 Å². The highest BCUT2D eigenvalue weighted by molar-refractivity contribution is 5.83. The van der Waals surface area contributed by atoms with Crippen molar-refractivity contribution in [3.8, 4) is 0 Å². The van der Waals surface area contributed by atoms with Crippen molar-refractivity contribution in [3.63, 3.8) is 0 Å². The first-order chi connectivity index (χ1) is 5.07. The number of nitrogens with two attached hydrogens (primary N) is 1. The van der Waals surface area contributed by atoms with Gasteiger partial charge in [0, 0.05) is 13.0 Å². The molecule has 0 heterocycles. The summed E-state index contributed by atoms with van der Waals surface area (Å²) < 4.78 is 0. The molecule has 11 heavy (non-hydrogen) atoms. The molecule has 0 fully saturated rings. The van der Waals surface area contributed by atoms with E-state index in [1.807, 2.05) is 25.9 Å². The zero-order valence-electron chi connectivity index (χ0n) is 7.63. The predicted molar refractivity (Wildman–Crippen MR) is 46.4 cm³/mol. The molecule has 0 amide bonds. The Morgan fingerprint density at radius 1 is 1.55 bits per heavy atom. The summed E-state index contributed by atoms with van der Waals surface area (Å²) >= 11 is 0. The summed E-state index contributed by atoms with van der Waals surface area (Å²) in [6.07, 6.45) is 1.31.